The minimum absolute atomic E-state index is 0.166. The van der Waals surface area contributed by atoms with Crippen LogP contribution in [0.2, 0.25) is 0 Å². The number of hydrogen-bond donors (Lipinski definition) is 2. The van der Waals surface area contributed by atoms with Crippen molar-refractivity contribution in [2.75, 3.05) is 7.05 Å². The summed E-state index contributed by atoms with van der Waals surface area (Å²) in [7, 11) is 1.41. The van der Waals surface area contributed by atoms with Crippen LogP contribution >= 0.6 is 0 Å². The Bertz CT molecular complexity index is 624. The SMILES string of the molecule is CNC(=O)OC1C#CC=CC#CC2(O)CCC=C1C2=O. The van der Waals surface area contributed by atoms with Crippen LogP contribution in [0, 0.1) is 23.7 Å². The zero-order valence-electron chi connectivity index (χ0n) is 10.9. The van der Waals surface area contributed by atoms with Crippen LogP contribution in [0.4, 0.5) is 4.79 Å². The van der Waals surface area contributed by atoms with Crippen LogP contribution < -0.4 is 5.32 Å². The van der Waals surface area contributed by atoms with Gasteiger partial charge in [-0.15, -0.1) is 0 Å². The second kappa shape index (κ2) is 5.64. The molecule has 2 rings (SSSR count). The molecule has 102 valence electrons. The zero-order chi connectivity index (χ0) is 14.6. The highest BCUT2D eigenvalue weighted by atomic mass is 16.6. The Balaban J connectivity index is 2.43. The quantitative estimate of drug-likeness (QED) is 0.673. The van der Waals surface area contributed by atoms with Gasteiger partial charge in [-0.2, -0.15) is 0 Å². The van der Waals surface area contributed by atoms with Crippen LogP contribution in [-0.4, -0.2) is 35.7 Å². The van der Waals surface area contributed by atoms with Gasteiger partial charge in [0.15, 0.2) is 11.7 Å². The molecule has 0 aliphatic heterocycles. The van der Waals surface area contributed by atoms with Gasteiger partial charge < -0.3 is 15.2 Å². The third kappa shape index (κ3) is 2.74. The molecule has 2 aliphatic rings. The van der Waals surface area contributed by atoms with E-state index in [2.05, 4.69) is 29.0 Å². The molecule has 5 heteroatoms. The van der Waals surface area contributed by atoms with Crippen molar-refractivity contribution in [1.82, 2.24) is 5.32 Å². The third-order valence-corrected chi connectivity index (χ3v) is 2.96. The molecule has 5 nitrogen and oxygen atoms in total. The Labute approximate surface area is 116 Å². The molecule has 0 spiro atoms. The monoisotopic (exact) mass is 271 g/mol. The lowest BCUT2D eigenvalue weighted by Crippen LogP contribution is -2.44. The molecule has 2 bridgehead atoms. The Morgan fingerprint density at radius 1 is 1.50 bits per heavy atom. The first-order valence-corrected chi connectivity index (χ1v) is 6.11. The van der Waals surface area contributed by atoms with Crippen molar-refractivity contribution >= 4 is 11.9 Å². The number of alkyl carbamates (subject to hydrolysis) is 1. The number of Topliss-reactive ketones (excluding diaryl/α,β-unsaturated/α-hetero) is 1. The summed E-state index contributed by atoms with van der Waals surface area (Å²) in [6.07, 6.45) is 3.52. The minimum Gasteiger partial charge on any atom is -0.428 e. The fourth-order valence-corrected chi connectivity index (χ4v) is 1.93. The molecule has 1 amide bonds. The van der Waals surface area contributed by atoms with Crippen LogP contribution in [-0.2, 0) is 9.53 Å². The maximum absolute atomic E-state index is 12.3. The average Bonchev–Trinajstić information content (AvgIpc) is 2.43. The predicted octanol–water partition coefficient (Wildman–Crippen LogP) is 0.308. The van der Waals surface area contributed by atoms with Gasteiger partial charge in [0.2, 0.25) is 5.78 Å². The van der Waals surface area contributed by atoms with Gasteiger partial charge in [-0.3, -0.25) is 4.79 Å². The summed E-state index contributed by atoms with van der Waals surface area (Å²) in [6, 6.07) is 0. The number of allylic oxidation sites excluding steroid dienone is 3. The predicted molar refractivity (Wildman–Crippen MR) is 71.3 cm³/mol. The van der Waals surface area contributed by atoms with Crippen LogP contribution in [0.5, 0.6) is 0 Å². The lowest BCUT2D eigenvalue weighted by atomic mass is 9.81. The highest BCUT2D eigenvalue weighted by Gasteiger charge is 2.41. The van der Waals surface area contributed by atoms with Gasteiger partial charge in [-0.1, -0.05) is 23.8 Å². The second-order valence-electron chi connectivity index (χ2n) is 4.31. The third-order valence-electron chi connectivity index (χ3n) is 2.96. The molecule has 0 radical (unpaired) electrons. The Morgan fingerprint density at radius 3 is 3.00 bits per heavy atom. The summed E-state index contributed by atoms with van der Waals surface area (Å²) in [5.74, 6) is 9.90. The summed E-state index contributed by atoms with van der Waals surface area (Å²) in [6.45, 7) is 0. The summed E-state index contributed by atoms with van der Waals surface area (Å²) >= 11 is 0. The van der Waals surface area contributed by atoms with Gasteiger partial charge in [0.1, 0.15) is 0 Å². The van der Waals surface area contributed by atoms with E-state index in [1.165, 1.54) is 19.2 Å². The molecule has 0 aromatic carbocycles. The van der Waals surface area contributed by atoms with Gasteiger partial charge in [-0.25, -0.2) is 4.79 Å². The summed E-state index contributed by atoms with van der Waals surface area (Å²) in [4.78, 5) is 23.7. The van der Waals surface area contributed by atoms with Gasteiger partial charge in [0, 0.05) is 12.6 Å². The number of nitrogens with one attached hydrogen (secondary N) is 1. The Kier molecular flexibility index (Phi) is 3.93. The number of amides is 1. The highest BCUT2D eigenvalue weighted by Crippen LogP contribution is 2.27. The van der Waals surface area contributed by atoms with E-state index in [1.807, 2.05) is 0 Å². The van der Waals surface area contributed by atoms with Crippen molar-refractivity contribution in [3.63, 3.8) is 0 Å². The van der Waals surface area contributed by atoms with E-state index in [0.717, 1.165) is 0 Å². The van der Waals surface area contributed by atoms with E-state index in [0.29, 0.717) is 6.42 Å². The van der Waals surface area contributed by atoms with Crippen LogP contribution in [0.15, 0.2) is 23.8 Å². The number of rotatable bonds is 1. The van der Waals surface area contributed by atoms with Crippen LogP contribution in [0.3, 0.4) is 0 Å². The first-order valence-electron chi connectivity index (χ1n) is 6.11. The zero-order valence-corrected chi connectivity index (χ0v) is 10.9. The summed E-state index contributed by atoms with van der Waals surface area (Å²) in [5, 5.41) is 12.6. The number of carbonyl (C=O) groups is 2. The van der Waals surface area contributed by atoms with Crippen molar-refractivity contribution in [3.8, 4) is 23.7 Å². The normalized spacial score (nSPS) is 27.2. The van der Waals surface area contributed by atoms with E-state index in [1.54, 1.807) is 6.08 Å². The lowest BCUT2D eigenvalue weighted by Gasteiger charge is -2.28. The van der Waals surface area contributed by atoms with E-state index in [4.69, 9.17) is 4.74 Å². The standard InChI is InChI=1S/C15H13NO4/c1-16-14(18)20-12-8-4-2-3-5-9-15(19)10-6-7-11(12)13(15)17/h2-3,7,12,19H,6,10H2,1H3,(H,16,18). The van der Waals surface area contributed by atoms with Gasteiger partial charge in [0.25, 0.3) is 0 Å². The summed E-state index contributed by atoms with van der Waals surface area (Å²) in [5.41, 5.74) is -1.57. The van der Waals surface area contributed by atoms with Gasteiger partial charge >= 0.3 is 6.09 Å². The first kappa shape index (κ1) is 13.9. The molecule has 2 aliphatic carbocycles. The number of carbonyl (C=O) groups excluding carboxylic acids is 2. The molecule has 20 heavy (non-hydrogen) atoms. The largest absolute Gasteiger partial charge is 0.428 e. The smallest absolute Gasteiger partial charge is 0.408 e. The summed E-state index contributed by atoms with van der Waals surface area (Å²) < 4.78 is 5.07. The Morgan fingerprint density at radius 2 is 2.25 bits per heavy atom. The number of aliphatic hydroxyl groups is 1. The number of ketones is 1. The molecule has 2 atom stereocenters. The van der Waals surface area contributed by atoms with Crippen LogP contribution in [0.1, 0.15) is 12.8 Å². The number of ether oxygens (including phenoxy) is 1. The molecule has 0 heterocycles. The van der Waals surface area contributed by atoms with Gasteiger partial charge in [-0.05, 0) is 30.9 Å². The lowest BCUT2D eigenvalue weighted by molar-refractivity contribution is -0.130. The van der Waals surface area contributed by atoms with E-state index >= 15 is 0 Å². The fraction of sp³-hybridized carbons (Fsp3) is 0.333. The maximum Gasteiger partial charge on any atom is 0.408 e. The topological polar surface area (TPSA) is 75.6 Å². The van der Waals surface area contributed by atoms with Crippen LogP contribution in [0.25, 0.3) is 0 Å². The second-order valence-corrected chi connectivity index (χ2v) is 4.31. The van der Waals surface area contributed by atoms with Crippen molar-refractivity contribution in [1.29, 1.82) is 0 Å². The minimum atomic E-state index is -1.74. The molecule has 0 fully saturated rings. The molecule has 0 aromatic heterocycles. The molecule has 0 aromatic rings. The molecule has 0 saturated heterocycles. The van der Waals surface area contributed by atoms with Crippen molar-refractivity contribution in [2.24, 2.45) is 0 Å². The first-order chi connectivity index (χ1) is 9.57. The van der Waals surface area contributed by atoms with Crippen molar-refractivity contribution < 1.29 is 19.4 Å². The molecular formula is C15H13NO4. The van der Waals surface area contributed by atoms with E-state index in [-0.39, 0.29) is 12.0 Å². The average molecular weight is 271 g/mol. The van der Waals surface area contributed by atoms with Gasteiger partial charge in [0.05, 0.1) is 0 Å². The molecular weight excluding hydrogens is 258 g/mol. The fourth-order valence-electron chi connectivity index (χ4n) is 1.93. The Hall–Kier alpha value is -2.50. The molecule has 2 N–H and O–H groups in total. The van der Waals surface area contributed by atoms with E-state index < -0.39 is 23.6 Å². The number of hydrogen-bond acceptors (Lipinski definition) is 4. The van der Waals surface area contributed by atoms with Crippen molar-refractivity contribution in [2.45, 2.75) is 24.5 Å². The molecule has 0 saturated carbocycles. The van der Waals surface area contributed by atoms with Crippen molar-refractivity contribution in [3.05, 3.63) is 23.8 Å². The number of fused-ring (bicyclic) bond motifs is 2. The highest BCUT2D eigenvalue weighted by molar-refractivity contribution is 6.06. The molecule has 2 unspecified atom stereocenters. The van der Waals surface area contributed by atoms with E-state index in [9.17, 15) is 14.7 Å². The maximum atomic E-state index is 12.3.